The molecule has 2 aliphatic carbocycles. The maximum absolute atomic E-state index is 6.05. The second-order valence-electron chi connectivity index (χ2n) is 7.41. The zero-order valence-electron chi connectivity index (χ0n) is 14.4. The van der Waals surface area contributed by atoms with Gasteiger partial charge in [0.25, 0.3) is 0 Å². The Hall–Kier alpha value is -0.160. The summed E-state index contributed by atoms with van der Waals surface area (Å²) in [7, 11) is 1.85. The van der Waals surface area contributed by atoms with Gasteiger partial charge in [-0.2, -0.15) is 0 Å². The minimum atomic E-state index is -0.0230. The fourth-order valence-corrected chi connectivity index (χ4v) is 4.86. The number of hydrogen-bond acceptors (Lipinski definition) is 4. The van der Waals surface area contributed by atoms with Crippen LogP contribution >= 0.6 is 0 Å². The summed E-state index contributed by atoms with van der Waals surface area (Å²) in [5.74, 6) is 0. The molecule has 1 N–H and O–H groups in total. The van der Waals surface area contributed by atoms with Crippen LogP contribution in [0.15, 0.2) is 0 Å². The first-order chi connectivity index (χ1) is 10.7. The summed E-state index contributed by atoms with van der Waals surface area (Å²) in [5, 5.41) is 3.87. The van der Waals surface area contributed by atoms with E-state index in [9.17, 15) is 0 Å². The standard InChI is InChI=1S/C18H33NO3/c1-3-22-16-13-15(18(16)7-5-4-6-8-18)19-14-17(20-2)9-11-21-12-10-17/h15-16,19H,3-14H2,1-2H3/t15-,16-/m1/s1. The van der Waals surface area contributed by atoms with Crippen LogP contribution in [0.25, 0.3) is 0 Å². The van der Waals surface area contributed by atoms with E-state index in [0.29, 0.717) is 17.6 Å². The monoisotopic (exact) mass is 311 g/mol. The molecule has 3 rings (SSSR count). The first kappa shape index (κ1) is 16.7. The van der Waals surface area contributed by atoms with Crippen LogP contribution < -0.4 is 5.32 Å². The quantitative estimate of drug-likeness (QED) is 0.819. The van der Waals surface area contributed by atoms with E-state index in [1.807, 2.05) is 7.11 Å². The average molecular weight is 311 g/mol. The normalized spacial score (nSPS) is 33.5. The highest BCUT2D eigenvalue weighted by atomic mass is 16.5. The van der Waals surface area contributed by atoms with Gasteiger partial charge in [0.2, 0.25) is 0 Å². The summed E-state index contributed by atoms with van der Waals surface area (Å²) in [4.78, 5) is 0. The van der Waals surface area contributed by atoms with E-state index in [1.165, 1.54) is 38.5 Å². The Labute approximate surface area is 135 Å². The van der Waals surface area contributed by atoms with Crippen molar-refractivity contribution in [1.29, 1.82) is 0 Å². The molecule has 0 unspecified atom stereocenters. The van der Waals surface area contributed by atoms with E-state index in [4.69, 9.17) is 14.2 Å². The van der Waals surface area contributed by atoms with Crippen molar-refractivity contribution in [3.63, 3.8) is 0 Å². The Morgan fingerprint density at radius 3 is 2.45 bits per heavy atom. The van der Waals surface area contributed by atoms with Crippen LogP contribution in [0.1, 0.15) is 58.3 Å². The predicted octanol–water partition coefficient (Wildman–Crippen LogP) is 2.90. The van der Waals surface area contributed by atoms with Gasteiger partial charge in [-0.05, 0) is 26.2 Å². The lowest BCUT2D eigenvalue weighted by molar-refractivity contribution is -0.157. The molecule has 0 amide bonds. The minimum absolute atomic E-state index is 0.0230. The van der Waals surface area contributed by atoms with Crippen LogP contribution in [0.2, 0.25) is 0 Å². The summed E-state index contributed by atoms with van der Waals surface area (Å²) >= 11 is 0. The number of hydrogen-bond donors (Lipinski definition) is 1. The molecule has 128 valence electrons. The zero-order valence-corrected chi connectivity index (χ0v) is 14.4. The summed E-state index contributed by atoms with van der Waals surface area (Å²) in [6.07, 6.45) is 10.4. The van der Waals surface area contributed by atoms with E-state index in [0.717, 1.165) is 39.2 Å². The van der Waals surface area contributed by atoms with E-state index in [-0.39, 0.29) is 5.60 Å². The lowest BCUT2D eigenvalue weighted by Gasteiger charge is -2.58. The SMILES string of the molecule is CCO[C@@H]1C[C@@H](NCC2(OC)CCOCC2)C12CCCCC2. The lowest BCUT2D eigenvalue weighted by Crippen LogP contribution is -2.66. The Kier molecular flexibility index (Phi) is 5.43. The van der Waals surface area contributed by atoms with Gasteiger partial charge in [-0.1, -0.05) is 19.3 Å². The van der Waals surface area contributed by atoms with E-state index in [1.54, 1.807) is 0 Å². The minimum Gasteiger partial charge on any atom is -0.381 e. The van der Waals surface area contributed by atoms with Crippen LogP contribution in [0, 0.1) is 5.41 Å². The van der Waals surface area contributed by atoms with Gasteiger partial charge in [0.05, 0.1) is 11.7 Å². The smallest absolute Gasteiger partial charge is 0.0846 e. The Morgan fingerprint density at radius 1 is 1.09 bits per heavy atom. The highest BCUT2D eigenvalue weighted by molar-refractivity contribution is 5.09. The van der Waals surface area contributed by atoms with Crippen molar-refractivity contribution < 1.29 is 14.2 Å². The van der Waals surface area contributed by atoms with Gasteiger partial charge in [-0.25, -0.2) is 0 Å². The predicted molar refractivity (Wildman–Crippen MR) is 87.1 cm³/mol. The zero-order chi connectivity index (χ0) is 15.5. The van der Waals surface area contributed by atoms with Crippen molar-refractivity contribution in [3.05, 3.63) is 0 Å². The van der Waals surface area contributed by atoms with Gasteiger partial charge in [0.1, 0.15) is 0 Å². The highest BCUT2D eigenvalue weighted by Gasteiger charge is 2.55. The van der Waals surface area contributed by atoms with Crippen LogP contribution in [-0.4, -0.2) is 51.2 Å². The Morgan fingerprint density at radius 2 is 1.82 bits per heavy atom. The molecule has 1 saturated heterocycles. The van der Waals surface area contributed by atoms with Crippen LogP contribution in [-0.2, 0) is 14.2 Å². The number of rotatable bonds is 6. The molecule has 0 radical (unpaired) electrons. The second kappa shape index (κ2) is 7.16. The molecule has 1 spiro atoms. The number of nitrogens with one attached hydrogen (secondary N) is 1. The van der Waals surface area contributed by atoms with E-state index < -0.39 is 0 Å². The van der Waals surface area contributed by atoms with Gasteiger partial charge in [0, 0.05) is 57.8 Å². The van der Waals surface area contributed by atoms with Gasteiger partial charge in [0.15, 0.2) is 0 Å². The molecule has 3 aliphatic rings. The van der Waals surface area contributed by atoms with Gasteiger partial charge >= 0.3 is 0 Å². The fraction of sp³-hybridized carbons (Fsp3) is 1.00. The number of ether oxygens (including phenoxy) is 3. The van der Waals surface area contributed by atoms with Crippen molar-refractivity contribution in [2.75, 3.05) is 33.5 Å². The molecule has 2 saturated carbocycles. The maximum atomic E-state index is 6.05. The summed E-state index contributed by atoms with van der Waals surface area (Å²) < 4.78 is 17.4. The molecule has 3 fully saturated rings. The third-order valence-electron chi connectivity index (χ3n) is 6.44. The van der Waals surface area contributed by atoms with Gasteiger partial charge in [-0.3, -0.25) is 0 Å². The van der Waals surface area contributed by atoms with Crippen molar-refractivity contribution in [2.24, 2.45) is 5.41 Å². The van der Waals surface area contributed by atoms with Gasteiger partial charge < -0.3 is 19.5 Å². The largest absolute Gasteiger partial charge is 0.381 e. The van der Waals surface area contributed by atoms with Crippen LogP contribution in [0.5, 0.6) is 0 Å². The van der Waals surface area contributed by atoms with Crippen molar-refractivity contribution in [1.82, 2.24) is 5.32 Å². The molecule has 1 heterocycles. The summed E-state index contributed by atoms with van der Waals surface area (Å²) in [6, 6.07) is 0.610. The summed E-state index contributed by atoms with van der Waals surface area (Å²) in [5.41, 5.74) is 0.374. The average Bonchev–Trinajstić information content (AvgIpc) is 2.59. The third-order valence-corrected chi connectivity index (χ3v) is 6.44. The molecular formula is C18H33NO3. The second-order valence-corrected chi connectivity index (χ2v) is 7.41. The topological polar surface area (TPSA) is 39.7 Å². The molecule has 2 atom stereocenters. The molecule has 0 aromatic rings. The lowest BCUT2D eigenvalue weighted by atomic mass is 9.55. The number of methoxy groups -OCH3 is 1. The molecule has 0 bridgehead atoms. The van der Waals surface area contributed by atoms with Crippen molar-refractivity contribution >= 4 is 0 Å². The molecule has 0 aromatic heterocycles. The molecule has 22 heavy (non-hydrogen) atoms. The maximum Gasteiger partial charge on any atom is 0.0846 e. The van der Waals surface area contributed by atoms with Crippen molar-refractivity contribution in [3.8, 4) is 0 Å². The molecular weight excluding hydrogens is 278 g/mol. The summed E-state index contributed by atoms with van der Waals surface area (Å²) in [6.45, 7) is 5.58. The fourth-order valence-electron chi connectivity index (χ4n) is 4.86. The Balaban J connectivity index is 1.59. The van der Waals surface area contributed by atoms with Gasteiger partial charge in [-0.15, -0.1) is 0 Å². The Bertz CT molecular complexity index is 348. The molecule has 1 aliphatic heterocycles. The molecule has 4 nitrogen and oxygen atoms in total. The first-order valence-corrected chi connectivity index (χ1v) is 9.23. The van der Waals surface area contributed by atoms with Crippen molar-refractivity contribution in [2.45, 2.75) is 76.0 Å². The van der Waals surface area contributed by atoms with E-state index in [2.05, 4.69) is 12.2 Å². The first-order valence-electron chi connectivity index (χ1n) is 9.23. The van der Waals surface area contributed by atoms with Crippen LogP contribution in [0.3, 0.4) is 0 Å². The van der Waals surface area contributed by atoms with Crippen LogP contribution in [0.4, 0.5) is 0 Å². The highest BCUT2D eigenvalue weighted by Crippen LogP contribution is 2.53. The third kappa shape index (κ3) is 3.08. The molecule has 0 aromatic carbocycles. The van der Waals surface area contributed by atoms with E-state index >= 15 is 0 Å². The molecule has 4 heteroatoms.